The number of methoxy groups -OCH3 is 1. The number of aliphatic hydroxyl groups is 1. The zero-order chi connectivity index (χ0) is 22.6. The van der Waals surface area contributed by atoms with E-state index >= 15 is 0 Å². The second-order valence-electron chi connectivity index (χ2n) is 10.3. The molecular weight excluding hydrogens is 416 g/mol. The average Bonchev–Trinajstić information content (AvgIpc) is 2.99. The SMILES string of the molecule is COC(=O)CSCC(=O)C1(O)CCC2C3CCC4=CC(=O)CCC4(C)C3C(=O)CC21C. The number of thioether (sulfide) groups is 1. The number of ether oxygens (including phenoxy) is 1. The second kappa shape index (κ2) is 7.84. The number of rotatable bonds is 5. The van der Waals surface area contributed by atoms with Crippen LogP contribution in [0.1, 0.15) is 58.8 Å². The van der Waals surface area contributed by atoms with E-state index in [2.05, 4.69) is 11.7 Å². The highest BCUT2D eigenvalue weighted by atomic mass is 32.2. The third kappa shape index (κ3) is 3.34. The van der Waals surface area contributed by atoms with E-state index in [0.29, 0.717) is 19.3 Å². The molecule has 3 fully saturated rings. The summed E-state index contributed by atoms with van der Waals surface area (Å²) in [4.78, 5) is 50.0. The first-order chi connectivity index (χ1) is 14.6. The third-order valence-electron chi connectivity index (χ3n) is 8.95. The maximum Gasteiger partial charge on any atom is 0.315 e. The van der Waals surface area contributed by atoms with Gasteiger partial charge in [0.2, 0.25) is 0 Å². The maximum absolute atomic E-state index is 13.6. The molecule has 6 atom stereocenters. The molecule has 0 aliphatic heterocycles. The van der Waals surface area contributed by atoms with Crippen LogP contribution in [-0.2, 0) is 23.9 Å². The minimum absolute atomic E-state index is 0.0307. The molecule has 0 radical (unpaired) electrons. The third-order valence-corrected chi connectivity index (χ3v) is 9.85. The van der Waals surface area contributed by atoms with E-state index in [9.17, 15) is 24.3 Å². The second-order valence-corrected chi connectivity index (χ2v) is 11.3. The normalized spacial score (nSPS) is 41.7. The first-order valence-corrected chi connectivity index (χ1v) is 12.4. The molecule has 0 aromatic rings. The van der Waals surface area contributed by atoms with Crippen molar-refractivity contribution < 1.29 is 29.0 Å². The molecule has 6 unspecified atom stereocenters. The van der Waals surface area contributed by atoms with Crippen LogP contribution in [-0.4, -0.2) is 52.6 Å². The predicted octanol–water partition coefficient (Wildman–Crippen LogP) is 2.90. The summed E-state index contributed by atoms with van der Waals surface area (Å²) in [7, 11) is 1.30. The molecule has 1 N–H and O–H groups in total. The van der Waals surface area contributed by atoms with Crippen molar-refractivity contribution in [2.45, 2.75) is 64.4 Å². The van der Waals surface area contributed by atoms with Crippen molar-refractivity contribution >= 4 is 35.1 Å². The van der Waals surface area contributed by atoms with Gasteiger partial charge in [-0.05, 0) is 55.4 Å². The molecule has 31 heavy (non-hydrogen) atoms. The number of hydrogen-bond donors (Lipinski definition) is 1. The van der Waals surface area contributed by atoms with E-state index in [0.717, 1.165) is 36.6 Å². The van der Waals surface area contributed by atoms with Gasteiger partial charge in [-0.3, -0.25) is 19.2 Å². The minimum atomic E-state index is -1.54. The summed E-state index contributed by atoms with van der Waals surface area (Å²) in [6, 6.07) is 0. The van der Waals surface area contributed by atoms with Crippen molar-refractivity contribution in [1.82, 2.24) is 0 Å². The van der Waals surface area contributed by atoms with Gasteiger partial charge in [0.1, 0.15) is 11.4 Å². The van der Waals surface area contributed by atoms with Crippen LogP contribution >= 0.6 is 11.8 Å². The Balaban J connectivity index is 1.58. The minimum Gasteiger partial charge on any atom is -0.468 e. The molecule has 4 rings (SSSR count). The molecule has 0 amide bonds. The number of fused-ring (bicyclic) bond motifs is 5. The summed E-state index contributed by atoms with van der Waals surface area (Å²) >= 11 is 1.15. The lowest BCUT2D eigenvalue weighted by Crippen LogP contribution is -2.60. The van der Waals surface area contributed by atoms with Crippen LogP contribution in [0.25, 0.3) is 0 Å². The summed E-state index contributed by atoms with van der Waals surface area (Å²) in [5, 5.41) is 11.6. The molecule has 4 aliphatic rings. The summed E-state index contributed by atoms with van der Waals surface area (Å²) in [6.45, 7) is 4.05. The largest absolute Gasteiger partial charge is 0.468 e. The Morgan fingerprint density at radius 1 is 1.16 bits per heavy atom. The average molecular weight is 449 g/mol. The lowest BCUT2D eigenvalue weighted by molar-refractivity contribution is -0.167. The zero-order valence-electron chi connectivity index (χ0n) is 18.6. The highest BCUT2D eigenvalue weighted by molar-refractivity contribution is 8.00. The zero-order valence-corrected chi connectivity index (χ0v) is 19.4. The fraction of sp³-hybridized carbons (Fsp3) is 0.750. The number of ketones is 3. The van der Waals surface area contributed by atoms with E-state index in [1.807, 2.05) is 6.92 Å². The molecule has 0 saturated heterocycles. The summed E-state index contributed by atoms with van der Waals surface area (Å²) in [5.41, 5.74) is -1.49. The number of carbonyl (C=O) groups excluding carboxylic acids is 4. The smallest absolute Gasteiger partial charge is 0.315 e. The van der Waals surface area contributed by atoms with E-state index in [1.54, 1.807) is 6.08 Å². The highest BCUT2D eigenvalue weighted by Crippen LogP contribution is 2.66. The van der Waals surface area contributed by atoms with Crippen molar-refractivity contribution in [3.05, 3.63) is 11.6 Å². The van der Waals surface area contributed by atoms with Crippen LogP contribution in [0.5, 0.6) is 0 Å². The van der Waals surface area contributed by atoms with Crippen LogP contribution in [0.4, 0.5) is 0 Å². The first-order valence-electron chi connectivity index (χ1n) is 11.2. The van der Waals surface area contributed by atoms with Gasteiger partial charge in [-0.1, -0.05) is 19.4 Å². The van der Waals surface area contributed by atoms with Gasteiger partial charge in [-0.2, -0.15) is 0 Å². The predicted molar refractivity (Wildman–Crippen MR) is 116 cm³/mol. The van der Waals surface area contributed by atoms with Crippen LogP contribution in [0.15, 0.2) is 11.6 Å². The Labute approximate surface area is 187 Å². The van der Waals surface area contributed by atoms with E-state index in [1.165, 1.54) is 7.11 Å². The van der Waals surface area contributed by atoms with Gasteiger partial charge in [0.25, 0.3) is 0 Å². The van der Waals surface area contributed by atoms with Crippen molar-refractivity contribution in [2.24, 2.45) is 28.6 Å². The fourth-order valence-corrected chi connectivity index (χ4v) is 8.06. The molecule has 0 aromatic heterocycles. The molecule has 0 aromatic carbocycles. The summed E-state index contributed by atoms with van der Waals surface area (Å²) < 4.78 is 4.62. The molecule has 3 saturated carbocycles. The Morgan fingerprint density at radius 2 is 1.90 bits per heavy atom. The molecule has 4 aliphatic carbocycles. The highest BCUT2D eigenvalue weighted by Gasteiger charge is 2.68. The van der Waals surface area contributed by atoms with E-state index < -0.39 is 17.0 Å². The van der Waals surface area contributed by atoms with Gasteiger partial charge in [0, 0.05) is 24.2 Å². The number of esters is 1. The van der Waals surface area contributed by atoms with Crippen LogP contribution < -0.4 is 0 Å². The molecule has 0 heterocycles. The van der Waals surface area contributed by atoms with Crippen LogP contribution in [0.3, 0.4) is 0 Å². The molecule has 6 nitrogen and oxygen atoms in total. The molecule has 0 bridgehead atoms. The summed E-state index contributed by atoms with van der Waals surface area (Å²) in [6.07, 6.45) is 5.88. The van der Waals surface area contributed by atoms with Crippen LogP contribution in [0.2, 0.25) is 0 Å². The number of hydrogen-bond acceptors (Lipinski definition) is 7. The van der Waals surface area contributed by atoms with Gasteiger partial charge in [-0.25, -0.2) is 0 Å². The van der Waals surface area contributed by atoms with E-state index in [-0.39, 0.29) is 58.4 Å². The van der Waals surface area contributed by atoms with Gasteiger partial charge < -0.3 is 9.84 Å². The van der Waals surface area contributed by atoms with Crippen molar-refractivity contribution in [1.29, 1.82) is 0 Å². The Bertz CT molecular complexity index is 864. The topological polar surface area (TPSA) is 97.7 Å². The molecule has 7 heteroatoms. The van der Waals surface area contributed by atoms with Crippen molar-refractivity contribution in [3.63, 3.8) is 0 Å². The molecular formula is C24H32O6S. The Hall–Kier alpha value is -1.47. The van der Waals surface area contributed by atoms with Crippen LogP contribution in [0, 0.1) is 28.6 Å². The van der Waals surface area contributed by atoms with Gasteiger partial charge >= 0.3 is 5.97 Å². The number of carbonyl (C=O) groups is 4. The standard InChI is InChI=1S/C24H32O6S/c1-22-8-6-15(25)10-14(22)4-5-16-17-7-9-24(29,19(27)12-31-13-20(28)30-3)23(17,2)11-18(26)21(16)22/h10,16-17,21,29H,4-9,11-13H2,1-3H3. The first kappa shape index (κ1) is 22.7. The van der Waals surface area contributed by atoms with Gasteiger partial charge in [-0.15, -0.1) is 11.8 Å². The number of Topliss-reactive ketones (excluding diaryl/α,β-unsaturated/α-hetero) is 2. The van der Waals surface area contributed by atoms with Gasteiger partial charge in [0.05, 0.1) is 18.6 Å². The van der Waals surface area contributed by atoms with E-state index in [4.69, 9.17) is 0 Å². The monoisotopic (exact) mass is 448 g/mol. The maximum atomic E-state index is 13.6. The lowest BCUT2D eigenvalue weighted by atomic mass is 9.46. The summed E-state index contributed by atoms with van der Waals surface area (Å²) in [5.74, 6) is -0.214. The Kier molecular flexibility index (Phi) is 5.74. The quantitative estimate of drug-likeness (QED) is 0.646. The Morgan fingerprint density at radius 3 is 2.61 bits per heavy atom. The molecule has 0 spiro atoms. The van der Waals surface area contributed by atoms with Crippen molar-refractivity contribution in [2.75, 3.05) is 18.6 Å². The van der Waals surface area contributed by atoms with Crippen molar-refractivity contribution in [3.8, 4) is 0 Å². The van der Waals surface area contributed by atoms with Gasteiger partial charge in [0.15, 0.2) is 11.6 Å². The fourth-order valence-electron chi connectivity index (χ4n) is 7.25. The number of allylic oxidation sites excluding steroid dienone is 1. The molecule has 170 valence electrons. The lowest BCUT2D eigenvalue weighted by Gasteiger charge is -2.57.